The highest BCUT2D eigenvalue weighted by molar-refractivity contribution is 5.88. The number of Topliss-reactive ketones (excluding diaryl/α,β-unsaturated/α-hetero) is 1. The van der Waals surface area contributed by atoms with Crippen LogP contribution in [0.25, 0.3) is 0 Å². The van der Waals surface area contributed by atoms with Gasteiger partial charge in [0.25, 0.3) is 0 Å². The molecule has 0 bridgehead atoms. The fraction of sp³-hybridized carbons (Fsp3) is 0.850. The number of hydrogen-bond donors (Lipinski definition) is 2. The highest BCUT2D eigenvalue weighted by atomic mass is 16.5. The summed E-state index contributed by atoms with van der Waals surface area (Å²) in [6.07, 6.45) is 2.29. The molecule has 0 spiro atoms. The van der Waals surface area contributed by atoms with Gasteiger partial charge in [-0.3, -0.25) is 4.79 Å². The quantitative estimate of drug-likeness (QED) is 0.761. The number of rotatable bonds is 2. The number of ether oxygens (including phenoxy) is 1. The highest BCUT2D eigenvalue weighted by Gasteiger charge is 2.72. The Hall–Kier alpha value is -0.710. The molecule has 2 N–H and O–H groups in total. The minimum atomic E-state index is -1.01. The van der Waals surface area contributed by atoms with Crippen LogP contribution < -0.4 is 0 Å². The van der Waals surface area contributed by atoms with Gasteiger partial charge < -0.3 is 14.9 Å². The molecule has 3 rings (SSSR count). The summed E-state index contributed by atoms with van der Waals surface area (Å²) < 4.78 is 6.33. The summed E-state index contributed by atoms with van der Waals surface area (Å²) in [5.41, 5.74) is -1.90. The van der Waals surface area contributed by atoms with Gasteiger partial charge in [-0.15, -0.1) is 0 Å². The third kappa shape index (κ3) is 2.06. The molecule has 24 heavy (non-hydrogen) atoms. The third-order valence-corrected chi connectivity index (χ3v) is 7.76. The first-order valence-corrected chi connectivity index (χ1v) is 9.19. The summed E-state index contributed by atoms with van der Waals surface area (Å²) in [7, 11) is 0. The first-order chi connectivity index (χ1) is 10.9. The molecular weight excluding hydrogens is 304 g/mol. The Kier molecular flexibility index (Phi) is 3.88. The Bertz CT molecular complexity index is 580. The van der Waals surface area contributed by atoms with Gasteiger partial charge in [0.2, 0.25) is 0 Å². The minimum Gasteiger partial charge on any atom is -0.389 e. The van der Waals surface area contributed by atoms with E-state index in [1.54, 1.807) is 6.92 Å². The molecule has 3 aliphatic rings. The van der Waals surface area contributed by atoms with E-state index in [0.717, 1.165) is 12.8 Å². The van der Waals surface area contributed by atoms with Gasteiger partial charge in [-0.2, -0.15) is 0 Å². The topological polar surface area (TPSA) is 66.8 Å². The first kappa shape index (κ1) is 18.1. The molecule has 1 saturated heterocycles. The summed E-state index contributed by atoms with van der Waals surface area (Å²) in [4.78, 5) is 13.1. The van der Waals surface area contributed by atoms with Crippen molar-refractivity contribution in [3.8, 4) is 0 Å². The fourth-order valence-electron chi connectivity index (χ4n) is 5.83. The van der Waals surface area contributed by atoms with Crippen LogP contribution in [0.1, 0.15) is 66.7 Å². The molecule has 4 nitrogen and oxygen atoms in total. The van der Waals surface area contributed by atoms with Gasteiger partial charge in [0.1, 0.15) is 5.78 Å². The van der Waals surface area contributed by atoms with Gasteiger partial charge in [-0.1, -0.05) is 20.4 Å². The number of aliphatic hydroxyl groups excluding tert-OH is 1. The normalized spacial score (nSPS) is 48.5. The van der Waals surface area contributed by atoms with Crippen LogP contribution in [0.2, 0.25) is 0 Å². The van der Waals surface area contributed by atoms with E-state index in [2.05, 4.69) is 27.4 Å². The van der Waals surface area contributed by atoms with Crippen LogP contribution in [0.15, 0.2) is 12.2 Å². The Morgan fingerprint density at radius 2 is 1.88 bits per heavy atom. The zero-order valence-corrected chi connectivity index (χ0v) is 15.7. The van der Waals surface area contributed by atoms with Crippen LogP contribution in [-0.4, -0.2) is 39.4 Å². The van der Waals surface area contributed by atoms with Crippen molar-refractivity contribution in [3.05, 3.63) is 12.2 Å². The zero-order valence-electron chi connectivity index (χ0n) is 15.7. The monoisotopic (exact) mass is 336 g/mol. The van der Waals surface area contributed by atoms with Crippen molar-refractivity contribution in [1.29, 1.82) is 0 Å². The number of aliphatic hydroxyl groups is 2. The smallest absolute Gasteiger partial charge is 0.142 e. The fourth-order valence-corrected chi connectivity index (χ4v) is 5.83. The lowest BCUT2D eigenvalue weighted by molar-refractivity contribution is -0.243. The molecule has 2 aliphatic carbocycles. The van der Waals surface area contributed by atoms with E-state index in [0.29, 0.717) is 24.8 Å². The van der Waals surface area contributed by atoms with Gasteiger partial charge in [-0.25, -0.2) is 0 Å². The Morgan fingerprint density at radius 1 is 1.25 bits per heavy atom. The van der Waals surface area contributed by atoms with Crippen LogP contribution in [0.5, 0.6) is 0 Å². The molecule has 0 unspecified atom stereocenters. The Morgan fingerprint density at radius 3 is 2.46 bits per heavy atom. The third-order valence-electron chi connectivity index (χ3n) is 7.76. The SMILES string of the molecule is C=C([C@H](C)O)[C@@H]1C[C@H]2[C@@](C)(CC[C@@]3(O)C(C)(C)CCC(=O)[C@]23C)O1. The Balaban J connectivity index is 2.05. The molecule has 0 radical (unpaired) electrons. The molecule has 4 heteroatoms. The molecule has 6 atom stereocenters. The second-order valence-electron chi connectivity index (χ2n) is 9.33. The first-order valence-electron chi connectivity index (χ1n) is 9.19. The molecule has 3 fully saturated rings. The van der Waals surface area contributed by atoms with Crippen molar-refractivity contribution < 1.29 is 19.7 Å². The van der Waals surface area contributed by atoms with Crippen molar-refractivity contribution in [1.82, 2.24) is 0 Å². The van der Waals surface area contributed by atoms with Crippen LogP contribution in [-0.2, 0) is 9.53 Å². The van der Waals surface area contributed by atoms with Gasteiger partial charge in [0, 0.05) is 12.3 Å². The molecular formula is C20H32O4. The molecule has 2 saturated carbocycles. The number of carbonyl (C=O) groups is 1. The molecule has 136 valence electrons. The lowest BCUT2D eigenvalue weighted by Gasteiger charge is -2.63. The van der Waals surface area contributed by atoms with Gasteiger partial charge >= 0.3 is 0 Å². The predicted molar refractivity (Wildman–Crippen MR) is 92.5 cm³/mol. The van der Waals surface area contributed by atoms with E-state index in [9.17, 15) is 15.0 Å². The molecule has 0 aromatic carbocycles. The maximum Gasteiger partial charge on any atom is 0.142 e. The van der Waals surface area contributed by atoms with E-state index in [1.807, 2.05) is 6.92 Å². The molecule has 1 heterocycles. The second-order valence-corrected chi connectivity index (χ2v) is 9.33. The predicted octanol–water partition coefficient (Wildman–Crippen LogP) is 3.01. The highest BCUT2D eigenvalue weighted by Crippen LogP contribution is 2.66. The average molecular weight is 336 g/mol. The van der Waals surface area contributed by atoms with E-state index in [4.69, 9.17) is 4.74 Å². The lowest BCUT2D eigenvalue weighted by Crippen LogP contribution is -2.70. The van der Waals surface area contributed by atoms with E-state index in [-0.39, 0.29) is 23.2 Å². The number of fused-ring (bicyclic) bond motifs is 3. The molecule has 0 amide bonds. The maximum atomic E-state index is 13.1. The standard InChI is InChI=1S/C20H32O4/c1-12(13(2)21)14-11-15-18(5,24-14)9-10-20(23)17(3,4)8-7-16(22)19(15,20)6/h13-15,21,23H,1,7-11H2,2-6H3/t13-,14-,15-,18+,19-,20+/m0/s1. The van der Waals surface area contributed by atoms with E-state index < -0.39 is 22.7 Å². The largest absolute Gasteiger partial charge is 0.389 e. The van der Waals surface area contributed by atoms with Crippen molar-refractivity contribution in [2.24, 2.45) is 16.7 Å². The number of ketones is 1. The van der Waals surface area contributed by atoms with Crippen LogP contribution >= 0.6 is 0 Å². The van der Waals surface area contributed by atoms with Crippen LogP contribution in [0, 0.1) is 16.7 Å². The molecule has 1 aliphatic heterocycles. The molecule has 0 aromatic rings. The summed E-state index contributed by atoms with van der Waals surface area (Å²) in [6.45, 7) is 13.9. The summed E-state index contributed by atoms with van der Waals surface area (Å²) in [6, 6.07) is 0. The van der Waals surface area contributed by atoms with Crippen molar-refractivity contribution in [2.45, 2.75) is 90.1 Å². The van der Waals surface area contributed by atoms with Gasteiger partial charge in [0.15, 0.2) is 0 Å². The maximum absolute atomic E-state index is 13.1. The summed E-state index contributed by atoms with van der Waals surface area (Å²) in [5, 5.41) is 21.6. The lowest BCUT2D eigenvalue weighted by atomic mass is 9.42. The summed E-state index contributed by atoms with van der Waals surface area (Å²) >= 11 is 0. The van der Waals surface area contributed by atoms with Crippen LogP contribution in [0.4, 0.5) is 0 Å². The van der Waals surface area contributed by atoms with Crippen molar-refractivity contribution in [3.63, 3.8) is 0 Å². The zero-order chi connectivity index (χ0) is 18.1. The van der Waals surface area contributed by atoms with E-state index in [1.165, 1.54) is 0 Å². The Labute approximate surface area is 145 Å². The van der Waals surface area contributed by atoms with Gasteiger partial charge in [0.05, 0.1) is 28.8 Å². The van der Waals surface area contributed by atoms with Crippen molar-refractivity contribution in [2.75, 3.05) is 0 Å². The van der Waals surface area contributed by atoms with E-state index >= 15 is 0 Å². The molecule has 0 aromatic heterocycles. The minimum absolute atomic E-state index is 0.0590. The summed E-state index contributed by atoms with van der Waals surface area (Å²) in [5.74, 6) is 0.100. The number of carbonyl (C=O) groups excluding carboxylic acids is 1. The van der Waals surface area contributed by atoms with Crippen molar-refractivity contribution >= 4 is 5.78 Å². The number of hydrogen-bond acceptors (Lipinski definition) is 4. The second kappa shape index (κ2) is 5.15. The average Bonchev–Trinajstić information content (AvgIpc) is 2.85. The van der Waals surface area contributed by atoms with Gasteiger partial charge in [-0.05, 0) is 57.4 Å². The van der Waals surface area contributed by atoms with Crippen LogP contribution in [0.3, 0.4) is 0 Å².